The van der Waals surface area contributed by atoms with Crippen molar-refractivity contribution < 1.29 is 4.52 Å². The summed E-state index contributed by atoms with van der Waals surface area (Å²) in [5, 5.41) is 6.82. The van der Waals surface area contributed by atoms with E-state index in [2.05, 4.69) is 29.9 Å². The monoisotopic (exact) mass is 243 g/mol. The predicted molar refractivity (Wildman–Crippen MR) is 57.3 cm³/mol. The van der Waals surface area contributed by atoms with Crippen molar-refractivity contribution in [2.75, 3.05) is 12.4 Å². The molecule has 0 aromatic carbocycles. The maximum atomic E-state index is 5.94. The molecule has 8 heteroatoms. The van der Waals surface area contributed by atoms with Crippen molar-refractivity contribution >= 4 is 29.5 Å². The van der Waals surface area contributed by atoms with Crippen LogP contribution in [0.1, 0.15) is 0 Å². The van der Waals surface area contributed by atoms with Crippen molar-refractivity contribution in [3.8, 4) is 11.6 Å². The Balaban J connectivity index is 2.58. The average molecular weight is 244 g/mol. The number of hydrogen-bond acceptors (Lipinski definition) is 6. The fourth-order valence-corrected chi connectivity index (χ4v) is 1.67. The predicted octanol–water partition coefficient (Wildman–Crippen LogP) is 1.88. The number of hydrogen-bond donors (Lipinski definition) is 2. The van der Waals surface area contributed by atoms with Crippen molar-refractivity contribution in [3.63, 3.8) is 0 Å². The lowest BCUT2D eigenvalue weighted by Crippen LogP contribution is -1.98. The fourth-order valence-electron chi connectivity index (χ4n) is 1.04. The van der Waals surface area contributed by atoms with E-state index in [0.717, 1.165) is 0 Å². The Bertz CT molecular complexity index is 523. The number of anilines is 1. The van der Waals surface area contributed by atoms with Gasteiger partial charge in [-0.3, -0.25) is 0 Å². The SMILES string of the molecule is CNc1c(Cl)[nH]c(-c2ncon2)nc1=S. The van der Waals surface area contributed by atoms with Gasteiger partial charge in [0.05, 0.1) is 0 Å². The van der Waals surface area contributed by atoms with E-state index < -0.39 is 0 Å². The molecule has 2 N–H and O–H groups in total. The van der Waals surface area contributed by atoms with Crippen LogP contribution < -0.4 is 5.32 Å². The zero-order chi connectivity index (χ0) is 10.8. The summed E-state index contributed by atoms with van der Waals surface area (Å²) in [5.41, 5.74) is 0.568. The molecule has 2 rings (SSSR count). The molecule has 78 valence electrons. The summed E-state index contributed by atoms with van der Waals surface area (Å²) in [4.78, 5) is 10.7. The van der Waals surface area contributed by atoms with Crippen LogP contribution in [0.25, 0.3) is 11.6 Å². The number of aromatic nitrogens is 4. The molecule has 2 aromatic rings. The van der Waals surface area contributed by atoms with E-state index >= 15 is 0 Å². The first-order valence-electron chi connectivity index (χ1n) is 3.96. The summed E-state index contributed by atoms with van der Waals surface area (Å²) < 4.78 is 4.94. The van der Waals surface area contributed by atoms with Gasteiger partial charge in [0.25, 0.3) is 0 Å². The molecular formula is C7H6ClN5OS. The van der Waals surface area contributed by atoms with E-state index in [1.807, 2.05) is 0 Å². The highest BCUT2D eigenvalue weighted by Crippen LogP contribution is 2.21. The molecule has 0 atom stereocenters. The van der Waals surface area contributed by atoms with Gasteiger partial charge >= 0.3 is 0 Å². The third-order valence-electron chi connectivity index (χ3n) is 1.70. The summed E-state index contributed by atoms with van der Waals surface area (Å²) in [6, 6.07) is 0. The number of halogens is 1. The molecule has 0 fully saturated rings. The van der Waals surface area contributed by atoms with Crippen LogP contribution in [0.5, 0.6) is 0 Å². The first-order chi connectivity index (χ1) is 7.22. The minimum Gasteiger partial charge on any atom is -0.383 e. The molecule has 0 saturated carbocycles. The van der Waals surface area contributed by atoms with Gasteiger partial charge in [-0.05, 0) is 0 Å². The second-order valence-corrected chi connectivity index (χ2v) is 3.35. The van der Waals surface area contributed by atoms with Crippen molar-refractivity contribution in [2.24, 2.45) is 0 Å². The molecule has 0 unspecified atom stereocenters. The molecule has 0 bridgehead atoms. The second-order valence-electron chi connectivity index (χ2n) is 2.58. The van der Waals surface area contributed by atoms with Crippen LogP contribution in [0.15, 0.2) is 10.9 Å². The quantitative estimate of drug-likeness (QED) is 0.619. The number of nitrogens with one attached hydrogen (secondary N) is 2. The molecule has 0 aliphatic heterocycles. The van der Waals surface area contributed by atoms with Gasteiger partial charge in [0, 0.05) is 7.05 Å². The minimum absolute atomic E-state index is 0.311. The van der Waals surface area contributed by atoms with Crippen molar-refractivity contribution in [2.45, 2.75) is 0 Å². The summed E-state index contributed by atoms with van der Waals surface area (Å²) in [7, 11) is 1.71. The van der Waals surface area contributed by atoms with Crippen LogP contribution in [0.4, 0.5) is 5.69 Å². The van der Waals surface area contributed by atoms with Gasteiger partial charge in [-0.25, -0.2) is 4.98 Å². The zero-order valence-corrected chi connectivity index (χ0v) is 9.19. The minimum atomic E-state index is 0.311. The van der Waals surface area contributed by atoms with Gasteiger partial charge in [-0.15, -0.1) is 0 Å². The smallest absolute Gasteiger partial charge is 0.238 e. The molecule has 0 saturated heterocycles. The van der Waals surface area contributed by atoms with E-state index in [0.29, 0.717) is 27.1 Å². The third-order valence-corrected chi connectivity index (χ3v) is 2.28. The first-order valence-corrected chi connectivity index (χ1v) is 4.75. The molecule has 0 radical (unpaired) electrons. The van der Waals surface area contributed by atoms with Crippen LogP contribution in [0.2, 0.25) is 5.15 Å². The largest absolute Gasteiger partial charge is 0.383 e. The van der Waals surface area contributed by atoms with Crippen molar-refractivity contribution in [1.29, 1.82) is 0 Å². The average Bonchev–Trinajstić information content (AvgIpc) is 2.69. The molecule has 15 heavy (non-hydrogen) atoms. The van der Waals surface area contributed by atoms with Gasteiger partial charge in [0.15, 0.2) is 10.5 Å². The normalized spacial score (nSPS) is 10.3. The van der Waals surface area contributed by atoms with Gasteiger partial charge < -0.3 is 14.8 Å². The Labute approximate surface area is 94.7 Å². The number of nitrogens with zero attached hydrogens (tertiary/aromatic N) is 3. The lowest BCUT2D eigenvalue weighted by Gasteiger charge is -2.03. The van der Waals surface area contributed by atoms with E-state index in [-0.39, 0.29) is 0 Å². The highest BCUT2D eigenvalue weighted by atomic mass is 35.5. The standard InChI is InChI=1S/C7H6ClN5OS/c1-9-3-4(8)11-6(12-7(3)15)5-10-2-14-13-5/h2,9H,1H3,(H,11,12,15). The molecule has 6 nitrogen and oxygen atoms in total. The summed E-state index contributed by atoms with van der Waals surface area (Å²) in [6.45, 7) is 0. The highest BCUT2D eigenvalue weighted by molar-refractivity contribution is 7.71. The van der Waals surface area contributed by atoms with Crippen LogP contribution in [0.3, 0.4) is 0 Å². The maximum Gasteiger partial charge on any atom is 0.238 e. The van der Waals surface area contributed by atoms with Crippen LogP contribution >= 0.6 is 23.8 Å². The number of rotatable bonds is 2. The molecule has 2 aromatic heterocycles. The van der Waals surface area contributed by atoms with E-state index in [1.165, 1.54) is 6.39 Å². The second kappa shape index (κ2) is 3.95. The van der Waals surface area contributed by atoms with E-state index in [9.17, 15) is 0 Å². The summed E-state index contributed by atoms with van der Waals surface area (Å²) >= 11 is 11.0. The molecule has 0 amide bonds. The topological polar surface area (TPSA) is 79.6 Å². The number of aromatic amines is 1. The van der Waals surface area contributed by atoms with E-state index in [4.69, 9.17) is 23.8 Å². The maximum absolute atomic E-state index is 5.94. The first kappa shape index (κ1) is 10.1. The molecule has 2 heterocycles. The Morgan fingerprint density at radius 2 is 2.40 bits per heavy atom. The lowest BCUT2D eigenvalue weighted by atomic mass is 10.5. The summed E-state index contributed by atoms with van der Waals surface area (Å²) in [6.07, 6.45) is 1.20. The Morgan fingerprint density at radius 1 is 1.60 bits per heavy atom. The summed E-state index contributed by atoms with van der Waals surface area (Å²) in [5.74, 6) is 0.684. The Kier molecular flexibility index (Phi) is 2.65. The Morgan fingerprint density at radius 3 is 2.93 bits per heavy atom. The number of H-pyrrole nitrogens is 1. The molecule has 0 spiro atoms. The fraction of sp³-hybridized carbons (Fsp3) is 0.143. The third kappa shape index (κ3) is 1.83. The van der Waals surface area contributed by atoms with Crippen molar-refractivity contribution in [3.05, 3.63) is 16.2 Å². The molecule has 0 aliphatic carbocycles. The molecular weight excluding hydrogens is 238 g/mol. The van der Waals surface area contributed by atoms with E-state index in [1.54, 1.807) is 7.05 Å². The van der Waals surface area contributed by atoms with Gasteiger partial charge in [0.1, 0.15) is 10.8 Å². The van der Waals surface area contributed by atoms with Crippen LogP contribution in [-0.4, -0.2) is 27.2 Å². The highest BCUT2D eigenvalue weighted by Gasteiger charge is 2.10. The van der Waals surface area contributed by atoms with Gasteiger partial charge in [-0.2, -0.15) is 4.98 Å². The van der Waals surface area contributed by atoms with Gasteiger partial charge in [-0.1, -0.05) is 29.0 Å². The van der Waals surface area contributed by atoms with Crippen LogP contribution in [0, 0.1) is 4.64 Å². The molecule has 0 aliphatic rings. The Hall–Kier alpha value is -1.47. The van der Waals surface area contributed by atoms with Gasteiger partial charge in [0.2, 0.25) is 12.2 Å². The van der Waals surface area contributed by atoms with Crippen LogP contribution in [-0.2, 0) is 0 Å². The zero-order valence-electron chi connectivity index (χ0n) is 7.61. The lowest BCUT2D eigenvalue weighted by molar-refractivity contribution is 0.418. The van der Waals surface area contributed by atoms with Crippen molar-refractivity contribution in [1.82, 2.24) is 20.1 Å².